The van der Waals surface area contributed by atoms with Gasteiger partial charge >= 0.3 is 0 Å². The number of nitrogens with zero attached hydrogens (tertiary/aromatic N) is 2. The van der Waals surface area contributed by atoms with E-state index in [2.05, 4.69) is 22.1 Å². The Kier molecular flexibility index (Phi) is 5.95. The van der Waals surface area contributed by atoms with Crippen LogP contribution in [-0.4, -0.2) is 29.9 Å². The second-order valence-corrected chi connectivity index (χ2v) is 7.52. The number of guanidine groups is 1. The van der Waals surface area contributed by atoms with E-state index in [1.165, 1.54) is 25.7 Å². The van der Waals surface area contributed by atoms with Crippen LogP contribution in [0.2, 0.25) is 0 Å². The van der Waals surface area contributed by atoms with Crippen LogP contribution in [0.15, 0.2) is 29.3 Å². The fourth-order valence-corrected chi connectivity index (χ4v) is 3.69. The highest BCUT2D eigenvalue weighted by Gasteiger charge is 2.22. The summed E-state index contributed by atoms with van der Waals surface area (Å²) in [6, 6.07) is 7.94. The molecule has 3 N–H and O–H groups in total. The molecule has 1 saturated heterocycles. The third kappa shape index (κ3) is 4.97. The second kappa shape index (κ2) is 8.37. The van der Waals surface area contributed by atoms with E-state index in [-0.39, 0.29) is 11.8 Å². The lowest BCUT2D eigenvalue weighted by molar-refractivity contribution is -0.119. The topological polar surface area (TPSA) is 70.7 Å². The molecule has 0 aromatic heterocycles. The van der Waals surface area contributed by atoms with E-state index < -0.39 is 0 Å². The van der Waals surface area contributed by atoms with Crippen molar-refractivity contribution in [2.45, 2.75) is 52.0 Å². The lowest BCUT2D eigenvalue weighted by atomic mass is 10.00. The largest absolute Gasteiger partial charge is 0.370 e. The summed E-state index contributed by atoms with van der Waals surface area (Å²) in [4.78, 5) is 19.0. The van der Waals surface area contributed by atoms with E-state index in [9.17, 15) is 4.79 Å². The van der Waals surface area contributed by atoms with Crippen LogP contribution >= 0.6 is 0 Å². The molecule has 0 radical (unpaired) electrons. The van der Waals surface area contributed by atoms with Gasteiger partial charge in [0, 0.05) is 24.7 Å². The minimum absolute atomic E-state index is 0.153. The summed E-state index contributed by atoms with van der Waals surface area (Å²) >= 11 is 0. The molecule has 5 heteroatoms. The summed E-state index contributed by atoms with van der Waals surface area (Å²) < 4.78 is 0. The van der Waals surface area contributed by atoms with Crippen LogP contribution in [0.1, 0.15) is 51.0 Å². The second-order valence-electron chi connectivity index (χ2n) is 7.52. The van der Waals surface area contributed by atoms with E-state index in [1.54, 1.807) is 0 Å². The SMILES string of the molecule is CC1CCN(C(N)=NCc2cccc(NC(=O)C3CCCC3)c2)CC1. The maximum absolute atomic E-state index is 12.3. The average molecular weight is 342 g/mol. The number of anilines is 1. The van der Waals surface area contributed by atoms with Gasteiger partial charge in [-0.3, -0.25) is 4.79 Å². The van der Waals surface area contributed by atoms with Crippen molar-refractivity contribution in [1.82, 2.24) is 4.90 Å². The molecule has 0 bridgehead atoms. The van der Waals surface area contributed by atoms with Gasteiger partial charge in [0.05, 0.1) is 6.54 Å². The molecule has 2 fully saturated rings. The molecule has 1 saturated carbocycles. The molecular formula is C20H30N4O. The normalized spacial score (nSPS) is 20.0. The summed E-state index contributed by atoms with van der Waals surface area (Å²) in [6.07, 6.45) is 6.72. The van der Waals surface area contributed by atoms with Crippen molar-refractivity contribution in [3.05, 3.63) is 29.8 Å². The Morgan fingerprint density at radius 3 is 2.68 bits per heavy atom. The predicted molar refractivity (Wildman–Crippen MR) is 102 cm³/mol. The molecule has 1 aliphatic heterocycles. The Bertz CT molecular complexity index is 614. The molecule has 136 valence electrons. The Morgan fingerprint density at radius 1 is 1.24 bits per heavy atom. The molecule has 1 amide bonds. The van der Waals surface area contributed by atoms with Gasteiger partial charge in [-0.25, -0.2) is 4.99 Å². The first-order valence-corrected chi connectivity index (χ1v) is 9.56. The van der Waals surface area contributed by atoms with Crippen LogP contribution in [0.3, 0.4) is 0 Å². The third-order valence-electron chi connectivity index (χ3n) is 5.45. The van der Waals surface area contributed by atoms with E-state index in [0.29, 0.717) is 12.5 Å². The average Bonchev–Trinajstić information content (AvgIpc) is 3.15. The highest BCUT2D eigenvalue weighted by Crippen LogP contribution is 2.26. The number of piperidine rings is 1. The van der Waals surface area contributed by atoms with E-state index in [0.717, 1.165) is 43.1 Å². The standard InChI is InChI=1S/C20H30N4O/c1-15-9-11-24(12-10-15)20(21)22-14-16-5-4-8-18(13-16)23-19(25)17-6-2-3-7-17/h4-5,8,13,15,17H,2-3,6-7,9-12,14H2,1H3,(H2,21,22)(H,23,25). The van der Waals surface area contributed by atoms with Crippen molar-refractivity contribution in [2.24, 2.45) is 22.6 Å². The lowest BCUT2D eigenvalue weighted by Crippen LogP contribution is -2.42. The first-order valence-electron chi connectivity index (χ1n) is 9.56. The van der Waals surface area contributed by atoms with Gasteiger partial charge in [-0.15, -0.1) is 0 Å². The van der Waals surface area contributed by atoms with Gasteiger partial charge in [0.2, 0.25) is 5.91 Å². The van der Waals surface area contributed by atoms with Crippen molar-refractivity contribution < 1.29 is 4.79 Å². The maximum atomic E-state index is 12.3. The molecule has 2 aliphatic rings. The molecule has 0 atom stereocenters. The van der Waals surface area contributed by atoms with Crippen LogP contribution in [-0.2, 0) is 11.3 Å². The van der Waals surface area contributed by atoms with Crippen LogP contribution in [0, 0.1) is 11.8 Å². The maximum Gasteiger partial charge on any atom is 0.227 e. The van der Waals surface area contributed by atoms with Crippen molar-refractivity contribution in [1.29, 1.82) is 0 Å². The molecule has 1 aromatic carbocycles. The Hall–Kier alpha value is -2.04. The van der Waals surface area contributed by atoms with Crippen LogP contribution in [0.25, 0.3) is 0 Å². The van der Waals surface area contributed by atoms with E-state index >= 15 is 0 Å². The van der Waals surface area contributed by atoms with Gasteiger partial charge in [-0.1, -0.05) is 31.9 Å². The number of benzene rings is 1. The first kappa shape index (κ1) is 17.8. The summed E-state index contributed by atoms with van der Waals surface area (Å²) in [5.41, 5.74) is 8.07. The molecule has 1 aliphatic carbocycles. The lowest BCUT2D eigenvalue weighted by Gasteiger charge is -2.31. The summed E-state index contributed by atoms with van der Waals surface area (Å²) in [5, 5.41) is 3.05. The van der Waals surface area contributed by atoms with Gasteiger partial charge in [-0.05, 0) is 49.3 Å². The van der Waals surface area contributed by atoms with Crippen molar-refractivity contribution in [3.63, 3.8) is 0 Å². The van der Waals surface area contributed by atoms with Crippen LogP contribution in [0.5, 0.6) is 0 Å². The molecule has 25 heavy (non-hydrogen) atoms. The number of amides is 1. The zero-order valence-corrected chi connectivity index (χ0v) is 15.2. The minimum atomic E-state index is 0.153. The smallest absolute Gasteiger partial charge is 0.227 e. The van der Waals surface area contributed by atoms with Crippen molar-refractivity contribution in [2.75, 3.05) is 18.4 Å². The molecule has 0 unspecified atom stereocenters. The predicted octanol–water partition coefficient (Wildman–Crippen LogP) is 3.36. The molecule has 5 nitrogen and oxygen atoms in total. The van der Waals surface area contributed by atoms with E-state index in [1.807, 2.05) is 24.3 Å². The van der Waals surface area contributed by atoms with Gasteiger partial charge < -0.3 is 16.0 Å². The van der Waals surface area contributed by atoms with Crippen molar-refractivity contribution >= 4 is 17.6 Å². The number of likely N-dealkylation sites (tertiary alicyclic amines) is 1. The highest BCUT2D eigenvalue weighted by molar-refractivity contribution is 5.92. The monoisotopic (exact) mass is 342 g/mol. The number of aliphatic imine (C=N–C) groups is 1. The number of hydrogen-bond acceptors (Lipinski definition) is 2. The summed E-state index contributed by atoms with van der Waals surface area (Å²) in [7, 11) is 0. The summed E-state index contributed by atoms with van der Waals surface area (Å²) in [6.45, 7) is 4.82. The molecule has 3 rings (SSSR count). The third-order valence-corrected chi connectivity index (χ3v) is 5.45. The number of rotatable bonds is 4. The number of nitrogens with one attached hydrogen (secondary N) is 1. The quantitative estimate of drug-likeness (QED) is 0.651. The van der Waals surface area contributed by atoms with Crippen LogP contribution in [0.4, 0.5) is 5.69 Å². The van der Waals surface area contributed by atoms with Gasteiger partial charge in [0.15, 0.2) is 5.96 Å². The van der Waals surface area contributed by atoms with Crippen molar-refractivity contribution in [3.8, 4) is 0 Å². The fourth-order valence-electron chi connectivity index (χ4n) is 3.69. The zero-order chi connectivity index (χ0) is 17.6. The number of nitrogens with two attached hydrogens (primary N) is 1. The highest BCUT2D eigenvalue weighted by atomic mass is 16.1. The van der Waals surface area contributed by atoms with Gasteiger partial charge in [0.25, 0.3) is 0 Å². The zero-order valence-electron chi connectivity index (χ0n) is 15.2. The molecular weight excluding hydrogens is 312 g/mol. The summed E-state index contributed by atoms with van der Waals surface area (Å²) in [5.74, 6) is 1.75. The fraction of sp³-hybridized carbons (Fsp3) is 0.600. The molecule has 1 aromatic rings. The number of hydrogen-bond donors (Lipinski definition) is 2. The first-order chi connectivity index (χ1) is 12.1. The van der Waals surface area contributed by atoms with E-state index in [4.69, 9.17) is 5.73 Å². The number of carbonyl (C=O) groups is 1. The molecule has 0 spiro atoms. The minimum Gasteiger partial charge on any atom is -0.370 e. The molecule has 1 heterocycles. The van der Waals surface area contributed by atoms with Gasteiger partial charge in [-0.2, -0.15) is 0 Å². The van der Waals surface area contributed by atoms with Crippen LogP contribution < -0.4 is 11.1 Å². The Labute approximate surface area is 150 Å². The van der Waals surface area contributed by atoms with Gasteiger partial charge in [0.1, 0.15) is 0 Å². The number of carbonyl (C=O) groups excluding carboxylic acids is 1. The Morgan fingerprint density at radius 2 is 1.96 bits per heavy atom. The Balaban J connectivity index is 1.55.